The minimum Gasteiger partial charge on any atom is -0.461 e. The smallest absolute Gasteiger partial charge is 0.306 e. The maximum Gasteiger partial charge on any atom is 0.306 e. The maximum absolute atomic E-state index is 13.1. The fourth-order valence-corrected chi connectivity index (χ4v) is 6.74. The van der Waals surface area contributed by atoms with Gasteiger partial charge in [-0.2, -0.15) is 0 Å². The first-order valence-corrected chi connectivity index (χ1v) is 24.1. The third kappa shape index (κ3) is 41.3. The number of carbonyl (C=O) groups excluding carboxylic acids is 2. The molecule has 0 aliphatic carbocycles. The lowest BCUT2D eigenvalue weighted by molar-refractivity contribution is -0.150. The van der Waals surface area contributed by atoms with Crippen LogP contribution in [0.2, 0.25) is 0 Å². The quantitative estimate of drug-likeness (QED) is 0.0324. The molecule has 0 saturated carbocycles. The van der Waals surface area contributed by atoms with Crippen LogP contribution in [0.5, 0.6) is 0 Å². The summed E-state index contributed by atoms with van der Waals surface area (Å²) in [4.78, 5) is 26.0. The van der Waals surface area contributed by atoms with E-state index >= 15 is 0 Å². The summed E-state index contributed by atoms with van der Waals surface area (Å²) in [7, 11) is 0. The number of aliphatic hydroxyl groups excluding tert-OH is 2. The Morgan fingerprint density at radius 3 is 1.44 bits per heavy atom. The standard InChI is InChI=1S/C53H89NO5/c1-4-7-10-13-16-19-22-24-26-28-31-34-37-40-43-46-53(58)59-49(44-41-38-35-32-29-21-18-15-12-9-6-3)47-52(57)54-50(48-55)51(56)45-42-39-36-33-30-27-25-23-20-17-14-11-8-5-2/h7,9-10,12-13,15-16,18-19,21-22,29,32,35,38,41,49-51,55-56H,4-6,8,11,14,17,20,23-28,30-31,33-34,36-37,39-40,42-48H2,1-3H3,(H,54,57)/b10-7+,12-9+,16-13+,18-15+,22-19+,29-21-,35-32-,41-38+. The summed E-state index contributed by atoms with van der Waals surface area (Å²) in [5.41, 5.74) is 0. The third-order valence-corrected chi connectivity index (χ3v) is 10.3. The minimum atomic E-state index is -0.824. The zero-order valence-corrected chi connectivity index (χ0v) is 38.1. The third-order valence-electron chi connectivity index (χ3n) is 10.3. The fourth-order valence-electron chi connectivity index (χ4n) is 6.74. The molecular formula is C53H89NO5. The second kappa shape index (κ2) is 45.9. The maximum atomic E-state index is 13.1. The molecule has 6 heteroatoms. The summed E-state index contributed by atoms with van der Waals surface area (Å²) < 4.78 is 5.82. The van der Waals surface area contributed by atoms with E-state index in [9.17, 15) is 19.8 Å². The Hall–Kier alpha value is -3.22. The van der Waals surface area contributed by atoms with Gasteiger partial charge in [0.25, 0.3) is 0 Å². The topological polar surface area (TPSA) is 95.9 Å². The molecule has 3 N–H and O–H groups in total. The SMILES string of the molecule is CC/C=C/C=C/C=C\C=C/C=C/CC(CC(=O)NC(CO)C(O)CCCCCCCCCCCCCCCC)OC(=O)CCCCCCCCC/C=C/C=C/C=C/CC. The van der Waals surface area contributed by atoms with E-state index in [0.717, 1.165) is 57.8 Å². The van der Waals surface area contributed by atoms with Crippen molar-refractivity contribution in [1.29, 1.82) is 0 Å². The van der Waals surface area contributed by atoms with E-state index in [0.29, 0.717) is 19.3 Å². The van der Waals surface area contributed by atoms with Crippen molar-refractivity contribution < 1.29 is 24.5 Å². The van der Waals surface area contributed by atoms with Crippen LogP contribution in [0, 0.1) is 0 Å². The highest BCUT2D eigenvalue weighted by Crippen LogP contribution is 2.16. The van der Waals surface area contributed by atoms with Crippen molar-refractivity contribution in [1.82, 2.24) is 5.32 Å². The van der Waals surface area contributed by atoms with Crippen LogP contribution in [-0.2, 0) is 14.3 Å². The molecule has 0 aromatic heterocycles. The Balaban J connectivity index is 4.69. The lowest BCUT2D eigenvalue weighted by Crippen LogP contribution is -2.46. The van der Waals surface area contributed by atoms with E-state index in [2.05, 4.69) is 68.6 Å². The van der Waals surface area contributed by atoms with Gasteiger partial charge in [0.2, 0.25) is 5.91 Å². The van der Waals surface area contributed by atoms with Crippen LogP contribution in [0.1, 0.15) is 201 Å². The first-order valence-electron chi connectivity index (χ1n) is 24.1. The zero-order valence-electron chi connectivity index (χ0n) is 38.1. The van der Waals surface area contributed by atoms with Gasteiger partial charge in [0.15, 0.2) is 0 Å². The van der Waals surface area contributed by atoms with Gasteiger partial charge in [0.05, 0.1) is 25.2 Å². The number of amides is 1. The summed E-state index contributed by atoms with van der Waals surface area (Å²) in [6.07, 6.45) is 60.6. The van der Waals surface area contributed by atoms with Gasteiger partial charge in [-0.3, -0.25) is 9.59 Å². The number of ether oxygens (including phenoxy) is 1. The lowest BCUT2D eigenvalue weighted by Gasteiger charge is -2.24. The Morgan fingerprint density at radius 1 is 0.525 bits per heavy atom. The van der Waals surface area contributed by atoms with Crippen LogP contribution in [-0.4, -0.2) is 46.9 Å². The molecule has 0 bridgehead atoms. The molecule has 0 aromatic rings. The first kappa shape index (κ1) is 55.8. The molecule has 336 valence electrons. The molecule has 1 amide bonds. The molecule has 0 spiro atoms. The van der Waals surface area contributed by atoms with Crippen LogP contribution in [0.3, 0.4) is 0 Å². The molecule has 0 aromatic carbocycles. The number of hydrogen-bond acceptors (Lipinski definition) is 5. The number of unbranched alkanes of at least 4 members (excludes halogenated alkanes) is 20. The molecular weight excluding hydrogens is 731 g/mol. The van der Waals surface area contributed by atoms with Gasteiger partial charge in [0.1, 0.15) is 6.10 Å². The van der Waals surface area contributed by atoms with E-state index in [1.54, 1.807) is 0 Å². The van der Waals surface area contributed by atoms with Crippen molar-refractivity contribution in [2.45, 2.75) is 219 Å². The highest BCUT2D eigenvalue weighted by Gasteiger charge is 2.23. The Labute approximate surface area is 363 Å². The van der Waals surface area contributed by atoms with Crippen LogP contribution in [0.4, 0.5) is 0 Å². The van der Waals surface area contributed by atoms with E-state index in [1.807, 2.05) is 54.7 Å². The second-order valence-electron chi connectivity index (χ2n) is 15.9. The summed E-state index contributed by atoms with van der Waals surface area (Å²) in [6.45, 7) is 6.15. The highest BCUT2D eigenvalue weighted by molar-refractivity contribution is 5.77. The Morgan fingerprint density at radius 2 is 0.949 bits per heavy atom. The summed E-state index contributed by atoms with van der Waals surface area (Å²) in [5, 5.41) is 23.6. The number of nitrogens with one attached hydrogen (secondary N) is 1. The van der Waals surface area contributed by atoms with Crippen molar-refractivity contribution in [2.75, 3.05) is 6.61 Å². The Kier molecular flexibility index (Phi) is 43.4. The molecule has 0 heterocycles. The summed E-state index contributed by atoms with van der Waals surface area (Å²) >= 11 is 0. The van der Waals surface area contributed by atoms with Gasteiger partial charge in [0, 0.05) is 12.8 Å². The van der Waals surface area contributed by atoms with Crippen LogP contribution < -0.4 is 5.32 Å². The van der Waals surface area contributed by atoms with E-state index in [4.69, 9.17) is 4.74 Å². The monoisotopic (exact) mass is 820 g/mol. The van der Waals surface area contributed by atoms with Gasteiger partial charge in [-0.15, -0.1) is 0 Å². The largest absolute Gasteiger partial charge is 0.461 e. The van der Waals surface area contributed by atoms with E-state index in [-0.39, 0.29) is 24.9 Å². The number of carbonyl (C=O) groups is 2. The lowest BCUT2D eigenvalue weighted by atomic mass is 10.0. The molecule has 3 atom stereocenters. The number of hydrogen-bond donors (Lipinski definition) is 3. The molecule has 0 fully saturated rings. The first-order chi connectivity index (χ1) is 29.0. The average Bonchev–Trinajstić information content (AvgIpc) is 3.23. The zero-order chi connectivity index (χ0) is 43.1. The van der Waals surface area contributed by atoms with Crippen molar-refractivity contribution in [2.24, 2.45) is 0 Å². The molecule has 0 radical (unpaired) electrons. The van der Waals surface area contributed by atoms with Crippen LogP contribution in [0.15, 0.2) is 97.2 Å². The summed E-state index contributed by atoms with van der Waals surface area (Å²) in [5.74, 6) is -0.630. The second-order valence-corrected chi connectivity index (χ2v) is 15.9. The molecule has 6 nitrogen and oxygen atoms in total. The van der Waals surface area contributed by atoms with Crippen LogP contribution in [0.25, 0.3) is 0 Å². The molecule has 3 unspecified atom stereocenters. The van der Waals surface area contributed by atoms with Gasteiger partial charge < -0.3 is 20.3 Å². The van der Waals surface area contributed by atoms with Crippen molar-refractivity contribution in [3.63, 3.8) is 0 Å². The molecule has 0 saturated heterocycles. The van der Waals surface area contributed by atoms with Crippen molar-refractivity contribution in [3.05, 3.63) is 97.2 Å². The van der Waals surface area contributed by atoms with E-state index < -0.39 is 18.2 Å². The fraction of sp³-hybridized carbons (Fsp3) is 0.660. The van der Waals surface area contributed by atoms with Gasteiger partial charge in [-0.1, -0.05) is 240 Å². The summed E-state index contributed by atoms with van der Waals surface area (Å²) in [6, 6.07) is -0.746. The molecule has 0 rings (SSSR count). The number of rotatable bonds is 41. The minimum absolute atomic E-state index is 0.0285. The normalized spacial score (nSPS) is 14.2. The number of esters is 1. The van der Waals surface area contributed by atoms with Gasteiger partial charge in [-0.05, 0) is 38.5 Å². The predicted molar refractivity (Wildman–Crippen MR) is 254 cm³/mol. The van der Waals surface area contributed by atoms with Crippen molar-refractivity contribution >= 4 is 11.9 Å². The van der Waals surface area contributed by atoms with Crippen LogP contribution >= 0.6 is 0 Å². The van der Waals surface area contributed by atoms with Crippen molar-refractivity contribution in [3.8, 4) is 0 Å². The van der Waals surface area contributed by atoms with E-state index in [1.165, 1.54) is 96.3 Å². The average molecular weight is 820 g/mol. The molecule has 59 heavy (non-hydrogen) atoms. The molecule has 0 aliphatic heterocycles. The van der Waals surface area contributed by atoms with Gasteiger partial charge >= 0.3 is 5.97 Å². The Bertz CT molecular complexity index is 1190. The number of allylic oxidation sites excluding steroid dienone is 15. The highest BCUT2D eigenvalue weighted by atomic mass is 16.5. The van der Waals surface area contributed by atoms with Gasteiger partial charge in [-0.25, -0.2) is 0 Å². The predicted octanol–water partition coefficient (Wildman–Crippen LogP) is 14.2. The molecule has 0 aliphatic rings. The number of aliphatic hydroxyl groups is 2.